The molecule has 3 N–H and O–H groups in total. The number of hydrogen-bond donors (Lipinski definition) is 2. The number of nitrogens with zero attached hydrogens (tertiary/aromatic N) is 1. The van der Waals surface area contributed by atoms with Gasteiger partial charge in [-0.05, 0) is 37.6 Å². The highest BCUT2D eigenvalue weighted by Gasteiger charge is 2.10. The fourth-order valence-electron chi connectivity index (χ4n) is 1.56. The van der Waals surface area contributed by atoms with Gasteiger partial charge in [-0.25, -0.2) is 0 Å². The summed E-state index contributed by atoms with van der Waals surface area (Å²) in [5.74, 6) is -0.826. The molecule has 15 heavy (non-hydrogen) atoms. The van der Waals surface area contributed by atoms with Crippen molar-refractivity contribution < 1.29 is 9.90 Å². The first-order chi connectivity index (χ1) is 7.04. The van der Waals surface area contributed by atoms with Gasteiger partial charge >= 0.3 is 5.97 Å². The molecule has 0 amide bonds. The standard InChI is InChI=1S/C11H16N2O2/c1-3-13(7-11(14)15)10-5-4-9(12)6-8(10)2/h4-6H,3,7,12H2,1-2H3,(H,14,15). The van der Waals surface area contributed by atoms with Gasteiger partial charge in [0, 0.05) is 17.9 Å². The van der Waals surface area contributed by atoms with Crippen molar-refractivity contribution in [2.75, 3.05) is 23.7 Å². The van der Waals surface area contributed by atoms with E-state index in [1.54, 1.807) is 11.0 Å². The van der Waals surface area contributed by atoms with E-state index in [1.165, 1.54) is 0 Å². The van der Waals surface area contributed by atoms with E-state index < -0.39 is 5.97 Å². The van der Waals surface area contributed by atoms with Crippen LogP contribution in [0.5, 0.6) is 0 Å². The summed E-state index contributed by atoms with van der Waals surface area (Å²) in [6.07, 6.45) is 0. The Bertz CT molecular complexity index is 364. The van der Waals surface area contributed by atoms with E-state index in [4.69, 9.17) is 10.8 Å². The van der Waals surface area contributed by atoms with E-state index in [9.17, 15) is 4.79 Å². The fourth-order valence-corrected chi connectivity index (χ4v) is 1.56. The second kappa shape index (κ2) is 4.68. The third-order valence-electron chi connectivity index (χ3n) is 2.27. The van der Waals surface area contributed by atoms with Crippen LogP contribution in [-0.4, -0.2) is 24.2 Å². The highest BCUT2D eigenvalue weighted by molar-refractivity contribution is 5.74. The quantitative estimate of drug-likeness (QED) is 0.736. The largest absolute Gasteiger partial charge is 0.480 e. The molecule has 0 saturated carbocycles. The smallest absolute Gasteiger partial charge is 0.323 e. The summed E-state index contributed by atoms with van der Waals surface area (Å²) >= 11 is 0. The van der Waals surface area contributed by atoms with Crippen molar-refractivity contribution in [3.63, 3.8) is 0 Å². The molecule has 0 aliphatic heterocycles. The first-order valence-corrected chi connectivity index (χ1v) is 4.87. The highest BCUT2D eigenvalue weighted by atomic mass is 16.4. The van der Waals surface area contributed by atoms with Crippen molar-refractivity contribution in [3.8, 4) is 0 Å². The molecule has 0 aliphatic carbocycles. The number of aliphatic carboxylic acids is 1. The van der Waals surface area contributed by atoms with E-state index in [0.29, 0.717) is 12.2 Å². The van der Waals surface area contributed by atoms with Crippen LogP contribution in [0.15, 0.2) is 18.2 Å². The van der Waals surface area contributed by atoms with Crippen LogP contribution in [0.1, 0.15) is 12.5 Å². The topological polar surface area (TPSA) is 66.6 Å². The minimum atomic E-state index is -0.826. The molecule has 1 aromatic rings. The average molecular weight is 208 g/mol. The van der Waals surface area contributed by atoms with Gasteiger partial charge in [-0.1, -0.05) is 0 Å². The molecule has 4 heteroatoms. The second-order valence-electron chi connectivity index (χ2n) is 3.45. The third-order valence-corrected chi connectivity index (χ3v) is 2.27. The number of carbonyl (C=O) groups is 1. The number of carboxylic acid groups (broad SMARTS) is 1. The number of nitrogens with two attached hydrogens (primary N) is 1. The number of hydrogen-bond acceptors (Lipinski definition) is 3. The molecule has 0 heterocycles. The molecular weight excluding hydrogens is 192 g/mol. The molecule has 0 radical (unpaired) electrons. The van der Waals surface area contributed by atoms with Crippen molar-refractivity contribution in [1.29, 1.82) is 0 Å². The van der Waals surface area contributed by atoms with Crippen LogP contribution in [0.25, 0.3) is 0 Å². The fraction of sp³-hybridized carbons (Fsp3) is 0.364. The Hall–Kier alpha value is -1.71. The Morgan fingerprint density at radius 2 is 2.20 bits per heavy atom. The zero-order valence-electron chi connectivity index (χ0n) is 9.03. The summed E-state index contributed by atoms with van der Waals surface area (Å²) in [6.45, 7) is 4.53. The number of likely N-dealkylation sites (N-methyl/N-ethyl adjacent to an activating group) is 1. The lowest BCUT2D eigenvalue weighted by Gasteiger charge is -2.23. The average Bonchev–Trinajstić information content (AvgIpc) is 2.14. The highest BCUT2D eigenvalue weighted by Crippen LogP contribution is 2.21. The van der Waals surface area contributed by atoms with Gasteiger partial charge in [-0.3, -0.25) is 4.79 Å². The molecule has 0 unspecified atom stereocenters. The Labute approximate surface area is 89.3 Å². The Morgan fingerprint density at radius 1 is 1.53 bits per heavy atom. The molecule has 0 fully saturated rings. The molecule has 0 atom stereocenters. The van der Waals surface area contributed by atoms with E-state index in [2.05, 4.69) is 0 Å². The Balaban J connectivity index is 2.96. The second-order valence-corrected chi connectivity index (χ2v) is 3.45. The first kappa shape index (κ1) is 11.4. The summed E-state index contributed by atoms with van der Waals surface area (Å²) in [6, 6.07) is 5.49. The Morgan fingerprint density at radius 3 is 2.67 bits per heavy atom. The first-order valence-electron chi connectivity index (χ1n) is 4.87. The van der Waals surface area contributed by atoms with Crippen molar-refractivity contribution in [3.05, 3.63) is 23.8 Å². The molecule has 0 bridgehead atoms. The van der Waals surface area contributed by atoms with Gasteiger partial charge in [0.05, 0.1) is 0 Å². The molecule has 1 rings (SSSR count). The molecule has 4 nitrogen and oxygen atoms in total. The lowest BCUT2D eigenvalue weighted by molar-refractivity contribution is -0.135. The molecule has 0 saturated heterocycles. The molecule has 82 valence electrons. The predicted molar refractivity (Wildman–Crippen MR) is 61.1 cm³/mol. The maximum absolute atomic E-state index is 10.7. The van der Waals surface area contributed by atoms with E-state index in [-0.39, 0.29) is 6.54 Å². The lowest BCUT2D eigenvalue weighted by Crippen LogP contribution is -2.29. The molecule has 1 aromatic carbocycles. The predicted octanol–water partition coefficient (Wildman–Crippen LogP) is 1.49. The minimum absolute atomic E-state index is 0.0151. The summed E-state index contributed by atoms with van der Waals surface area (Å²) < 4.78 is 0. The van der Waals surface area contributed by atoms with Crippen molar-refractivity contribution in [1.82, 2.24) is 0 Å². The van der Waals surface area contributed by atoms with Gasteiger partial charge in [-0.15, -0.1) is 0 Å². The monoisotopic (exact) mass is 208 g/mol. The normalized spacial score (nSPS) is 10.0. The SMILES string of the molecule is CCN(CC(=O)O)c1ccc(N)cc1C. The Kier molecular flexibility index (Phi) is 3.55. The number of carboxylic acids is 1. The van der Waals surface area contributed by atoms with Gasteiger partial charge in [0.15, 0.2) is 0 Å². The van der Waals surface area contributed by atoms with Gasteiger partial charge in [-0.2, -0.15) is 0 Å². The van der Waals surface area contributed by atoms with Crippen LogP contribution in [0.3, 0.4) is 0 Å². The lowest BCUT2D eigenvalue weighted by atomic mass is 10.1. The third kappa shape index (κ3) is 2.87. The maximum Gasteiger partial charge on any atom is 0.323 e. The van der Waals surface area contributed by atoms with Gasteiger partial charge in [0.1, 0.15) is 6.54 Å². The number of benzene rings is 1. The molecule has 0 aliphatic rings. The summed E-state index contributed by atoms with van der Waals surface area (Å²) in [7, 11) is 0. The minimum Gasteiger partial charge on any atom is -0.480 e. The summed E-state index contributed by atoms with van der Waals surface area (Å²) in [5, 5.41) is 8.76. The van der Waals surface area contributed by atoms with E-state index in [1.807, 2.05) is 26.0 Å². The zero-order valence-corrected chi connectivity index (χ0v) is 9.03. The molecular formula is C11H16N2O2. The number of rotatable bonds is 4. The van der Waals surface area contributed by atoms with Crippen LogP contribution in [0.4, 0.5) is 11.4 Å². The number of aryl methyl sites for hydroxylation is 1. The summed E-state index contributed by atoms with van der Waals surface area (Å²) in [4.78, 5) is 12.5. The number of anilines is 2. The van der Waals surface area contributed by atoms with E-state index in [0.717, 1.165) is 11.3 Å². The van der Waals surface area contributed by atoms with Crippen molar-refractivity contribution in [2.24, 2.45) is 0 Å². The summed E-state index contributed by atoms with van der Waals surface area (Å²) in [5.41, 5.74) is 8.26. The van der Waals surface area contributed by atoms with Gasteiger partial charge < -0.3 is 15.7 Å². The number of nitrogen functional groups attached to an aromatic ring is 1. The van der Waals surface area contributed by atoms with Crippen LogP contribution >= 0.6 is 0 Å². The van der Waals surface area contributed by atoms with Crippen LogP contribution in [0, 0.1) is 6.92 Å². The van der Waals surface area contributed by atoms with Crippen LogP contribution in [0.2, 0.25) is 0 Å². The van der Waals surface area contributed by atoms with Crippen LogP contribution in [-0.2, 0) is 4.79 Å². The van der Waals surface area contributed by atoms with Crippen LogP contribution < -0.4 is 10.6 Å². The zero-order chi connectivity index (χ0) is 11.4. The van der Waals surface area contributed by atoms with Crippen molar-refractivity contribution in [2.45, 2.75) is 13.8 Å². The molecule has 0 spiro atoms. The van der Waals surface area contributed by atoms with Gasteiger partial charge in [0.2, 0.25) is 0 Å². The maximum atomic E-state index is 10.7. The van der Waals surface area contributed by atoms with E-state index >= 15 is 0 Å². The van der Waals surface area contributed by atoms with Gasteiger partial charge in [0.25, 0.3) is 0 Å². The molecule has 0 aromatic heterocycles. The van der Waals surface area contributed by atoms with Crippen molar-refractivity contribution >= 4 is 17.3 Å².